The standard InChI is InChI=1S/C13H27NO/c1-4-6-7-12(10-15-3)14-13(5-2)11-8-9-11/h11-14H,4-10H2,1-3H3. The summed E-state index contributed by atoms with van der Waals surface area (Å²) in [5, 5.41) is 3.78. The van der Waals surface area contributed by atoms with E-state index in [1.807, 2.05) is 0 Å². The van der Waals surface area contributed by atoms with Crippen LogP contribution < -0.4 is 5.32 Å². The van der Waals surface area contributed by atoms with E-state index in [1.165, 1.54) is 38.5 Å². The zero-order valence-electron chi connectivity index (χ0n) is 10.6. The zero-order valence-corrected chi connectivity index (χ0v) is 10.6. The maximum absolute atomic E-state index is 5.28. The molecule has 0 spiro atoms. The predicted molar refractivity (Wildman–Crippen MR) is 65.1 cm³/mol. The van der Waals surface area contributed by atoms with Crippen molar-refractivity contribution < 1.29 is 4.74 Å². The highest BCUT2D eigenvalue weighted by atomic mass is 16.5. The molecule has 1 aliphatic rings. The molecule has 15 heavy (non-hydrogen) atoms. The summed E-state index contributed by atoms with van der Waals surface area (Å²) in [5.41, 5.74) is 0. The molecule has 0 aliphatic heterocycles. The van der Waals surface area contributed by atoms with Gasteiger partial charge in [-0.25, -0.2) is 0 Å². The largest absolute Gasteiger partial charge is 0.383 e. The minimum Gasteiger partial charge on any atom is -0.383 e. The van der Waals surface area contributed by atoms with Crippen molar-refractivity contribution in [2.75, 3.05) is 13.7 Å². The molecule has 0 heterocycles. The summed E-state index contributed by atoms with van der Waals surface area (Å²) >= 11 is 0. The Kier molecular flexibility index (Phi) is 6.26. The molecular weight excluding hydrogens is 186 g/mol. The Hall–Kier alpha value is -0.0800. The molecule has 2 atom stereocenters. The molecule has 2 nitrogen and oxygen atoms in total. The van der Waals surface area contributed by atoms with Crippen LogP contribution in [-0.2, 0) is 4.74 Å². The van der Waals surface area contributed by atoms with Crippen LogP contribution in [0.5, 0.6) is 0 Å². The number of hydrogen-bond donors (Lipinski definition) is 1. The molecule has 0 saturated heterocycles. The van der Waals surface area contributed by atoms with Gasteiger partial charge < -0.3 is 10.1 Å². The van der Waals surface area contributed by atoms with Gasteiger partial charge in [-0.1, -0.05) is 26.7 Å². The number of unbranched alkanes of at least 4 members (excludes halogenated alkanes) is 1. The van der Waals surface area contributed by atoms with E-state index in [4.69, 9.17) is 4.74 Å². The Morgan fingerprint density at radius 1 is 1.33 bits per heavy atom. The molecule has 2 heteroatoms. The van der Waals surface area contributed by atoms with Crippen molar-refractivity contribution >= 4 is 0 Å². The maximum atomic E-state index is 5.28. The van der Waals surface area contributed by atoms with E-state index in [1.54, 1.807) is 7.11 Å². The predicted octanol–water partition coefficient (Wildman–Crippen LogP) is 2.97. The Labute approximate surface area is 94.8 Å². The van der Waals surface area contributed by atoms with Crippen LogP contribution in [0.4, 0.5) is 0 Å². The zero-order chi connectivity index (χ0) is 11.1. The fourth-order valence-electron chi connectivity index (χ4n) is 2.26. The van der Waals surface area contributed by atoms with Gasteiger partial charge in [-0.3, -0.25) is 0 Å². The first-order valence-electron chi connectivity index (χ1n) is 6.56. The van der Waals surface area contributed by atoms with Crippen molar-refractivity contribution in [1.82, 2.24) is 5.32 Å². The summed E-state index contributed by atoms with van der Waals surface area (Å²) in [6.07, 6.45) is 7.97. The van der Waals surface area contributed by atoms with Crippen molar-refractivity contribution in [1.29, 1.82) is 0 Å². The van der Waals surface area contributed by atoms with Gasteiger partial charge in [-0.15, -0.1) is 0 Å². The summed E-state index contributed by atoms with van der Waals surface area (Å²) in [6, 6.07) is 1.31. The Morgan fingerprint density at radius 3 is 2.53 bits per heavy atom. The average Bonchev–Trinajstić information content (AvgIpc) is 3.06. The molecule has 1 saturated carbocycles. The van der Waals surface area contributed by atoms with Crippen LogP contribution >= 0.6 is 0 Å². The molecule has 2 unspecified atom stereocenters. The third kappa shape index (κ3) is 4.98. The van der Waals surface area contributed by atoms with Crippen LogP contribution in [0.2, 0.25) is 0 Å². The highest BCUT2D eigenvalue weighted by Crippen LogP contribution is 2.34. The van der Waals surface area contributed by atoms with Gasteiger partial charge in [0.15, 0.2) is 0 Å². The summed E-state index contributed by atoms with van der Waals surface area (Å²) in [6.45, 7) is 5.41. The first kappa shape index (κ1) is 13.0. The van der Waals surface area contributed by atoms with Crippen LogP contribution in [0.3, 0.4) is 0 Å². The second-order valence-electron chi connectivity index (χ2n) is 4.81. The van der Waals surface area contributed by atoms with E-state index in [0.717, 1.165) is 18.6 Å². The number of rotatable bonds is 9. The van der Waals surface area contributed by atoms with Crippen molar-refractivity contribution in [2.45, 2.75) is 64.5 Å². The molecule has 0 aromatic heterocycles. The van der Waals surface area contributed by atoms with Gasteiger partial charge >= 0.3 is 0 Å². The van der Waals surface area contributed by atoms with Gasteiger partial charge in [0.05, 0.1) is 6.61 Å². The van der Waals surface area contributed by atoms with Gasteiger partial charge in [0, 0.05) is 19.2 Å². The first-order valence-corrected chi connectivity index (χ1v) is 6.56. The lowest BCUT2D eigenvalue weighted by Crippen LogP contribution is -2.41. The maximum Gasteiger partial charge on any atom is 0.0615 e. The molecule has 1 rings (SSSR count). The minimum atomic E-state index is 0.570. The molecule has 0 aromatic rings. The van der Waals surface area contributed by atoms with Gasteiger partial charge in [-0.2, -0.15) is 0 Å². The Morgan fingerprint density at radius 2 is 2.07 bits per heavy atom. The smallest absolute Gasteiger partial charge is 0.0615 e. The van der Waals surface area contributed by atoms with Crippen molar-refractivity contribution in [3.63, 3.8) is 0 Å². The highest BCUT2D eigenvalue weighted by Gasteiger charge is 2.30. The van der Waals surface area contributed by atoms with Gasteiger partial charge in [0.1, 0.15) is 0 Å². The third-order valence-corrected chi connectivity index (χ3v) is 3.35. The van der Waals surface area contributed by atoms with E-state index in [0.29, 0.717) is 6.04 Å². The summed E-state index contributed by atoms with van der Waals surface area (Å²) < 4.78 is 5.28. The molecular formula is C13H27NO. The number of methoxy groups -OCH3 is 1. The highest BCUT2D eigenvalue weighted by molar-refractivity contribution is 4.87. The Bertz CT molecular complexity index is 157. The summed E-state index contributed by atoms with van der Waals surface area (Å²) in [4.78, 5) is 0. The molecule has 0 aromatic carbocycles. The van der Waals surface area contributed by atoms with Crippen molar-refractivity contribution in [3.8, 4) is 0 Å². The summed E-state index contributed by atoms with van der Waals surface area (Å²) in [7, 11) is 1.80. The van der Waals surface area contributed by atoms with Crippen molar-refractivity contribution in [3.05, 3.63) is 0 Å². The van der Waals surface area contributed by atoms with Gasteiger partial charge in [-0.05, 0) is 31.6 Å². The van der Waals surface area contributed by atoms with E-state index in [2.05, 4.69) is 19.2 Å². The third-order valence-electron chi connectivity index (χ3n) is 3.35. The first-order chi connectivity index (χ1) is 7.31. The van der Waals surface area contributed by atoms with Crippen LogP contribution in [-0.4, -0.2) is 25.8 Å². The molecule has 0 radical (unpaired) electrons. The lowest BCUT2D eigenvalue weighted by atomic mass is 10.1. The van der Waals surface area contributed by atoms with Gasteiger partial charge in [0.2, 0.25) is 0 Å². The number of hydrogen-bond acceptors (Lipinski definition) is 2. The molecule has 1 N–H and O–H groups in total. The number of nitrogens with one attached hydrogen (secondary N) is 1. The van der Waals surface area contributed by atoms with E-state index in [9.17, 15) is 0 Å². The van der Waals surface area contributed by atoms with Crippen molar-refractivity contribution in [2.24, 2.45) is 5.92 Å². The summed E-state index contributed by atoms with van der Waals surface area (Å²) in [5.74, 6) is 0.955. The second-order valence-corrected chi connectivity index (χ2v) is 4.81. The normalized spacial score (nSPS) is 20.2. The van der Waals surface area contributed by atoms with E-state index >= 15 is 0 Å². The molecule has 1 fully saturated rings. The van der Waals surface area contributed by atoms with E-state index in [-0.39, 0.29) is 0 Å². The van der Waals surface area contributed by atoms with Crippen LogP contribution in [0.1, 0.15) is 52.4 Å². The SMILES string of the molecule is CCCCC(COC)NC(CC)C1CC1. The monoisotopic (exact) mass is 213 g/mol. The fraction of sp³-hybridized carbons (Fsp3) is 1.00. The molecule has 0 amide bonds. The lowest BCUT2D eigenvalue weighted by molar-refractivity contribution is 0.152. The van der Waals surface area contributed by atoms with Gasteiger partial charge in [0.25, 0.3) is 0 Å². The lowest BCUT2D eigenvalue weighted by Gasteiger charge is -2.24. The van der Waals surface area contributed by atoms with Crippen LogP contribution in [0.15, 0.2) is 0 Å². The molecule has 90 valence electrons. The second kappa shape index (κ2) is 7.24. The average molecular weight is 213 g/mol. The van der Waals surface area contributed by atoms with E-state index < -0.39 is 0 Å². The van der Waals surface area contributed by atoms with Crippen LogP contribution in [0, 0.1) is 5.92 Å². The van der Waals surface area contributed by atoms with Crippen LogP contribution in [0.25, 0.3) is 0 Å². The number of ether oxygens (including phenoxy) is 1. The molecule has 1 aliphatic carbocycles. The Balaban J connectivity index is 2.26. The quantitative estimate of drug-likeness (QED) is 0.636. The fourth-order valence-corrected chi connectivity index (χ4v) is 2.26. The topological polar surface area (TPSA) is 21.3 Å². The minimum absolute atomic E-state index is 0.570. The molecule has 0 bridgehead atoms.